The first-order valence-electron chi connectivity index (χ1n) is 21.2. The Labute approximate surface area is 386 Å². The number of hydrogen-bond donors (Lipinski definition) is 0. The molecule has 0 bridgehead atoms. The van der Waals surface area contributed by atoms with E-state index in [1.807, 2.05) is 6.07 Å². The van der Waals surface area contributed by atoms with Crippen LogP contribution < -0.4 is 9.80 Å². The highest BCUT2D eigenvalue weighted by atomic mass is 19.4. The van der Waals surface area contributed by atoms with Crippen LogP contribution >= 0.6 is 0 Å². The molecule has 16 heteroatoms. The molecule has 2 aromatic heterocycles. The van der Waals surface area contributed by atoms with Crippen LogP contribution in [0.4, 0.5) is 86.8 Å². The van der Waals surface area contributed by atoms with E-state index in [0.29, 0.717) is 76.8 Å². The number of fused-ring (bicyclic) bond motifs is 11. The molecule has 0 aliphatic heterocycles. The van der Waals surface area contributed by atoms with Gasteiger partial charge in [-0.3, -0.25) is 0 Å². The first-order valence-corrected chi connectivity index (χ1v) is 21.2. The molecule has 11 aromatic rings. The van der Waals surface area contributed by atoms with E-state index in [1.54, 1.807) is 76.5 Å². The number of anilines is 6. The molecule has 9 aromatic carbocycles. The largest absolute Gasteiger partial charge is 0.456 e. The molecular weight excluding hydrogens is 937 g/mol. The van der Waals surface area contributed by atoms with Crippen molar-refractivity contribution in [2.75, 3.05) is 9.80 Å². The van der Waals surface area contributed by atoms with E-state index in [-0.39, 0.29) is 22.7 Å². The Morgan fingerprint density at radius 1 is 0.286 bits per heavy atom. The fourth-order valence-electron chi connectivity index (χ4n) is 9.20. The smallest absolute Gasteiger partial charge is 0.416 e. The molecule has 0 saturated carbocycles. The maximum Gasteiger partial charge on any atom is 0.416 e. The molecule has 11 rings (SSSR count). The summed E-state index contributed by atoms with van der Waals surface area (Å²) in [4.78, 5) is 3.09. The van der Waals surface area contributed by atoms with Gasteiger partial charge in [-0.15, -0.1) is 0 Å². The number of benzene rings is 9. The second-order valence-electron chi connectivity index (χ2n) is 16.5. The zero-order valence-electron chi connectivity index (χ0n) is 35.4. The Balaban J connectivity index is 1.15. The van der Waals surface area contributed by atoms with Crippen molar-refractivity contribution in [3.05, 3.63) is 192 Å². The highest BCUT2D eigenvalue weighted by Gasteiger charge is 2.34. The second-order valence-corrected chi connectivity index (χ2v) is 16.5. The highest BCUT2D eigenvalue weighted by molar-refractivity contribution is 6.32. The van der Waals surface area contributed by atoms with Crippen LogP contribution in [0.15, 0.2) is 179 Å². The molecular formula is C54H28F12N2O2. The molecule has 0 aliphatic rings. The topological polar surface area (TPSA) is 32.8 Å². The molecule has 0 fully saturated rings. The fourth-order valence-corrected chi connectivity index (χ4v) is 9.20. The summed E-state index contributed by atoms with van der Waals surface area (Å²) in [5, 5.41) is 4.72. The van der Waals surface area contributed by atoms with Gasteiger partial charge in [-0.2, -0.15) is 52.7 Å². The minimum Gasteiger partial charge on any atom is -0.456 e. The molecule has 70 heavy (non-hydrogen) atoms. The van der Waals surface area contributed by atoms with Crippen LogP contribution in [0, 0.1) is 0 Å². The fraction of sp³-hybridized carbons (Fsp3) is 0.0741. The number of nitrogens with zero attached hydrogens (tertiary/aromatic N) is 2. The molecule has 4 nitrogen and oxygen atoms in total. The van der Waals surface area contributed by atoms with Crippen LogP contribution in [0.3, 0.4) is 0 Å². The average molecular weight is 965 g/mol. The number of hydrogen-bond acceptors (Lipinski definition) is 4. The molecule has 350 valence electrons. The first-order chi connectivity index (χ1) is 33.2. The van der Waals surface area contributed by atoms with Crippen molar-refractivity contribution in [1.29, 1.82) is 0 Å². The maximum absolute atomic E-state index is 13.8. The Hall–Kier alpha value is -8.14. The van der Waals surface area contributed by atoms with Crippen LogP contribution in [0.1, 0.15) is 22.3 Å². The van der Waals surface area contributed by atoms with Gasteiger partial charge in [0.2, 0.25) is 0 Å². The maximum atomic E-state index is 13.8. The number of furan rings is 2. The van der Waals surface area contributed by atoms with Crippen molar-refractivity contribution in [2.45, 2.75) is 24.7 Å². The summed E-state index contributed by atoms with van der Waals surface area (Å²) in [6, 6.07) is 38.0. The zero-order chi connectivity index (χ0) is 49.1. The third-order valence-corrected chi connectivity index (χ3v) is 12.3. The summed E-state index contributed by atoms with van der Waals surface area (Å²) in [5.41, 5.74) is -0.812. The number of halogens is 12. The Bertz CT molecular complexity index is 3700. The van der Waals surface area contributed by atoms with Crippen LogP contribution in [-0.2, 0) is 24.7 Å². The second kappa shape index (κ2) is 15.7. The van der Waals surface area contributed by atoms with E-state index in [2.05, 4.69) is 0 Å². The molecule has 0 aliphatic carbocycles. The van der Waals surface area contributed by atoms with Crippen molar-refractivity contribution >= 4 is 99.5 Å². The molecule has 0 radical (unpaired) electrons. The minimum absolute atomic E-state index is 0.206. The van der Waals surface area contributed by atoms with Crippen molar-refractivity contribution < 1.29 is 61.5 Å². The number of alkyl halides is 12. The summed E-state index contributed by atoms with van der Waals surface area (Å²) in [6.45, 7) is 0. The standard InChI is InChI=1S/C54H28F12N2O2/c55-51(56,57)29-9-17-33(18-10-29)67(34-19-11-30(12-20-34)52(58,59)60)42-27-45-47(39-7-3-1-5-37(39)42)41-25-26-44-49(50(41)70-45)48-40-8-4-2-6-38(40)43(28-46(48)69-44)68(35-21-13-31(14-22-35)53(61,62)63)36-23-15-32(16-24-36)54(64,65)66/h1-28H. The lowest BCUT2D eigenvalue weighted by Crippen LogP contribution is -2.12. The normalized spacial score (nSPS) is 12.9. The number of rotatable bonds is 6. The van der Waals surface area contributed by atoms with E-state index >= 15 is 0 Å². The van der Waals surface area contributed by atoms with Gasteiger partial charge >= 0.3 is 24.7 Å². The van der Waals surface area contributed by atoms with Gasteiger partial charge in [-0.1, -0.05) is 48.5 Å². The van der Waals surface area contributed by atoms with Crippen molar-refractivity contribution in [3.8, 4) is 0 Å². The van der Waals surface area contributed by atoms with E-state index in [9.17, 15) is 52.7 Å². The third kappa shape index (κ3) is 7.45. The summed E-state index contributed by atoms with van der Waals surface area (Å²) in [7, 11) is 0. The predicted molar refractivity (Wildman–Crippen MR) is 245 cm³/mol. The van der Waals surface area contributed by atoms with Crippen molar-refractivity contribution in [1.82, 2.24) is 0 Å². The van der Waals surface area contributed by atoms with Gasteiger partial charge in [0.1, 0.15) is 22.3 Å². The van der Waals surface area contributed by atoms with Crippen LogP contribution in [-0.4, -0.2) is 0 Å². The SMILES string of the molecule is FC(F)(F)c1ccc(N(c2ccc(C(F)(F)F)cc2)c2cc3oc4c(ccc5oc6cc(N(c7ccc(C(F)(F)F)cc7)c7ccc(C(F)(F)F)cc7)c7ccccc7c6c54)c3c3ccccc23)cc1. The Morgan fingerprint density at radius 2 is 0.614 bits per heavy atom. The van der Waals surface area contributed by atoms with Crippen LogP contribution in [0.5, 0.6) is 0 Å². The summed E-state index contributed by atoms with van der Waals surface area (Å²) < 4.78 is 178. The Kier molecular flexibility index (Phi) is 9.95. The van der Waals surface area contributed by atoms with Gasteiger partial charge in [0, 0.05) is 61.8 Å². The molecule has 2 heterocycles. The zero-order valence-corrected chi connectivity index (χ0v) is 35.4. The van der Waals surface area contributed by atoms with Gasteiger partial charge in [-0.25, -0.2) is 0 Å². The molecule has 0 atom stereocenters. The highest BCUT2D eigenvalue weighted by Crippen LogP contribution is 2.50. The first kappa shape index (κ1) is 44.4. The summed E-state index contributed by atoms with van der Waals surface area (Å²) >= 11 is 0. The van der Waals surface area contributed by atoms with E-state index < -0.39 is 47.0 Å². The van der Waals surface area contributed by atoms with Crippen molar-refractivity contribution in [2.24, 2.45) is 0 Å². The average Bonchev–Trinajstić information content (AvgIpc) is 3.90. The third-order valence-electron chi connectivity index (χ3n) is 12.3. The van der Waals surface area contributed by atoms with Gasteiger partial charge < -0.3 is 18.6 Å². The van der Waals surface area contributed by atoms with E-state index in [0.717, 1.165) is 48.5 Å². The molecule has 0 amide bonds. The van der Waals surface area contributed by atoms with Crippen LogP contribution in [0.25, 0.3) is 65.4 Å². The quantitative estimate of drug-likeness (QED) is 0.156. The van der Waals surface area contributed by atoms with Gasteiger partial charge in [-0.05, 0) is 120 Å². The molecule has 0 N–H and O–H groups in total. The Morgan fingerprint density at radius 3 is 0.971 bits per heavy atom. The lowest BCUT2D eigenvalue weighted by atomic mass is 9.98. The van der Waals surface area contributed by atoms with Gasteiger partial charge in [0.05, 0.1) is 39.0 Å². The summed E-state index contributed by atoms with van der Waals surface area (Å²) in [5.74, 6) is 0. The summed E-state index contributed by atoms with van der Waals surface area (Å²) in [6.07, 6.45) is -18.6. The predicted octanol–water partition coefficient (Wildman–Crippen LogP) is 18.8. The molecule has 0 unspecified atom stereocenters. The lowest BCUT2D eigenvalue weighted by molar-refractivity contribution is -0.138. The van der Waals surface area contributed by atoms with Gasteiger partial charge in [0.15, 0.2) is 0 Å². The van der Waals surface area contributed by atoms with Gasteiger partial charge in [0.25, 0.3) is 0 Å². The van der Waals surface area contributed by atoms with Crippen molar-refractivity contribution in [3.63, 3.8) is 0 Å². The monoisotopic (exact) mass is 964 g/mol. The minimum atomic E-state index is -4.66. The lowest BCUT2D eigenvalue weighted by Gasteiger charge is -2.27. The van der Waals surface area contributed by atoms with E-state index in [4.69, 9.17) is 8.83 Å². The van der Waals surface area contributed by atoms with E-state index in [1.165, 1.54) is 48.5 Å². The molecule has 0 saturated heterocycles. The molecule has 0 spiro atoms. The van der Waals surface area contributed by atoms with Crippen LogP contribution in [0.2, 0.25) is 0 Å².